The van der Waals surface area contributed by atoms with Gasteiger partial charge in [0.05, 0.1) is 42.3 Å². The summed E-state index contributed by atoms with van der Waals surface area (Å²) < 4.78 is 36.7. The van der Waals surface area contributed by atoms with E-state index in [1.807, 2.05) is 0 Å². The summed E-state index contributed by atoms with van der Waals surface area (Å²) in [5.74, 6) is -6.24. The second kappa shape index (κ2) is 18.3. The van der Waals surface area contributed by atoms with Crippen LogP contribution in [0.5, 0.6) is 0 Å². The first-order valence-electron chi connectivity index (χ1n) is 22.0. The molecule has 2 saturated heterocycles. The summed E-state index contributed by atoms with van der Waals surface area (Å²) in [4.78, 5) is 70.7. The van der Waals surface area contributed by atoms with E-state index >= 15 is 4.79 Å². The average molecular weight is 922 g/mol. The Labute approximate surface area is 381 Å². The van der Waals surface area contributed by atoms with Crippen molar-refractivity contribution in [1.82, 2.24) is 5.32 Å². The van der Waals surface area contributed by atoms with Crippen LogP contribution in [-0.2, 0) is 47.6 Å². The molecule has 18 heteroatoms. The highest BCUT2D eigenvalue weighted by atomic mass is 16.7. The van der Waals surface area contributed by atoms with Gasteiger partial charge in [0, 0.05) is 30.8 Å². The van der Waals surface area contributed by atoms with Crippen LogP contribution < -0.4 is 5.32 Å². The van der Waals surface area contributed by atoms with Crippen LogP contribution in [0, 0.1) is 16.7 Å². The average Bonchev–Trinajstić information content (AvgIpc) is 3.28. The van der Waals surface area contributed by atoms with Gasteiger partial charge in [-0.15, -0.1) is 0 Å². The van der Waals surface area contributed by atoms with Gasteiger partial charge in [0.15, 0.2) is 23.8 Å². The Balaban J connectivity index is 1.39. The van der Waals surface area contributed by atoms with Crippen LogP contribution in [0.2, 0.25) is 0 Å². The fourth-order valence-corrected chi connectivity index (χ4v) is 10.7. The van der Waals surface area contributed by atoms with Crippen molar-refractivity contribution >= 4 is 29.6 Å². The number of benzene rings is 2. The molecule has 3 aliphatic carbocycles. The van der Waals surface area contributed by atoms with Crippen molar-refractivity contribution < 1.29 is 83.0 Å². The fraction of sp³-hybridized carbons (Fsp3) is 0.562. The Morgan fingerprint density at radius 1 is 0.909 bits per heavy atom. The van der Waals surface area contributed by atoms with Crippen LogP contribution in [0.3, 0.4) is 0 Å². The number of aliphatic hydroxyl groups is 6. The van der Waals surface area contributed by atoms with E-state index in [2.05, 4.69) is 5.32 Å². The quantitative estimate of drug-likeness (QED) is 0.0724. The molecule has 0 aromatic heterocycles. The lowest BCUT2D eigenvalue weighted by molar-refractivity contribution is -0.366. The van der Waals surface area contributed by atoms with Crippen molar-refractivity contribution in [3.8, 4) is 0 Å². The van der Waals surface area contributed by atoms with Crippen molar-refractivity contribution in [1.29, 1.82) is 0 Å². The summed E-state index contributed by atoms with van der Waals surface area (Å²) in [7, 11) is 0. The minimum absolute atomic E-state index is 0.0304. The number of amides is 1. The lowest BCUT2D eigenvalue weighted by atomic mass is 9.44. The zero-order chi connectivity index (χ0) is 48.3. The molecule has 4 fully saturated rings. The van der Waals surface area contributed by atoms with Crippen LogP contribution in [0.1, 0.15) is 83.3 Å². The second-order valence-electron chi connectivity index (χ2n) is 18.7. The molecule has 2 bridgehead atoms. The lowest BCUT2D eigenvalue weighted by Crippen LogP contribution is -2.82. The molecule has 7 rings (SSSR count). The van der Waals surface area contributed by atoms with Gasteiger partial charge in [-0.3, -0.25) is 14.4 Å². The molecule has 15 atom stereocenters. The molecule has 7 N–H and O–H groups in total. The number of fused-ring (bicyclic) bond motifs is 5. The number of carbonyl (C=O) groups excluding carboxylic acids is 5. The number of hydrogen-bond donors (Lipinski definition) is 7. The molecule has 1 unspecified atom stereocenters. The highest BCUT2D eigenvalue weighted by Gasteiger charge is 2.78. The lowest BCUT2D eigenvalue weighted by Gasteiger charge is -2.68. The van der Waals surface area contributed by atoms with Gasteiger partial charge in [-0.1, -0.05) is 68.5 Å². The van der Waals surface area contributed by atoms with E-state index in [0.29, 0.717) is 11.1 Å². The van der Waals surface area contributed by atoms with Crippen LogP contribution >= 0.6 is 0 Å². The van der Waals surface area contributed by atoms with Gasteiger partial charge < -0.3 is 64.4 Å². The predicted octanol–water partition coefficient (Wildman–Crippen LogP) is 1.28. The highest BCUT2D eigenvalue weighted by molar-refractivity contribution is 5.95. The number of carbonyl (C=O) groups is 5. The maximum Gasteiger partial charge on any atom is 0.338 e. The number of hydrogen-bond acceptors (Lipinski definition) is 17. The van der Waals surface area contributed by atoms with Crippen LogP contribution in [-0.4, -0.2) is 146 Å². The van der Waals surface area contributed by atoms with E-state index < -0.39 is 138 Å². The Morgan fingerprint density at radius 3 is 2.14 bits per heavy atom. The van der Waals surface area contributed by atoms with Gasteiger partial charge in [0.1, 0.15) is 48.3 Å². The minimum atomic E-state index is -2.46. The van der Waals surface area contributed by atoms with E-state index in [-0.39, 0.29) is 29.7 Å². The Morgan fingerprint density at radius 2 is 1.55 bits per heavy atom. The fourth-order valence-electron chi connectivity index (χ4n) is 10.7. The largest absolute Gasteiger partial charge is 0.456 e. The van der Waals surface area contributed by atoms with Gasteiger partial charge in [-0.25, -0.2) is 9.59 Å². The first kappa shape index (κ1) is 49.0. The highest BCUT2D eigenvalue weighted by Crippen LogP contribution is 2.65. The van der Waals surface area contributed by atoms with Gasteiger partial charge >= 0.3 is 17.9 Å². The zero-order valence-corrected chi connectivity index (χ0v) is 37.8. The van der Waals surface area contributed by atoms with E-state index in [1.165, 1.54) is 39.8 Å². The third-order valence-corrected chi connectivity index (χ3v) is 14.7. The number of ketones is 1. The molecular formula is C48H59NO17. The van der Waals surface area contributed by atoms with Gasteiger partial charge in [0.25, 0.3) is 0 Å². The van der Waals surface area contributed by atoms with Gasteiger partial charge in [-0.05, 0) is 56.5 Å². The molecule has 2 aliphatic heterocycles. The molecule has 2 aromatic carbocycles. The zero-order valence-electron chi connectivity index (χ0n) is 37.8. The topological polar surface area (TPSA) is 274 Å². The molecule has 1 amide bonds. The Kier molecular flexibility index (Phi) is 13.6. The summed E-state index contributed by atoms with van der Waals surface area (Å²) in [6.07, 6.45) is -16.1. The number of allylic oxidation sites excluding steroid dienone is 1. The maximum atomic E-state index is 15.7. The molecule has 2 heterocycles. The summed E-state index contributed by atoms with van der Waals surface area (Å²) in [6.45, 7) is 9.42. The monoisotopic (exact) mass is 921 g/mol. The summed E-state index contributed by atoms with van der Waals surface area (Å²) >= 11 is 0. The van der Waals surface area contributed by atoms with Crippen molar-refractivity contribution in [2.45, 2.75) is 140 Å². The Bertz CT molecular complexity index is 2270. The Hall–Kier alpha value is -4.89. The van der Waals surface area contributed by atoms with Gasteiger partial charge in [-0.2, -0.15) is 0 Å². The van der Waals surface area contributed by atoms with Crippen molar-refractivity contribution in [2.24, 2.45) is 16.7 Å². The number of Topliss-reactive ketones (excluding diaryl/α,β-unsaturated/α-hetero) is 1. The van der Waals surface area contributed by atoms with Crippen LogP contribution in [0.25, 0.3) is 0 Å². The molecule has 2 saturated carbocycles. The number of ether oxygens (including phenoxy) is 6. The van der Waals surface area contributed by atoms with E-state index in [1.54, 1.807) is 68.5 Å². The van der Waals surface area contributed by atoms with Crippen LogP contribution in [0.15, 0.2) is 83.5 Å². The number of rotatable bonds is 11. The standard InChI is InChI=1S/C48H59NO17/c1-8-23(2)41(57)49-33(26-15-11-9-12-16-26)36(54)43(59)63-29-20-48(60)40(65-42(58)27-17-13-10-14-18-27)38-46(7,39(56)35(53)32(24(29)3)45(48,5)6)30(19-31-47(38,22-62-31)66-25(4)50)64-44-37(55)34(52)28(51)21-61-44/h8-18,28-31,33-38,40,44,51-55,60H,19-22H2,1-7H3,(H,49,57)/b23-8+/t28-,29+,30+,31-,33-,34+,35-,36+,37-,38?,40+,44+,46-,47+,48-/m1/s1. The smallest absolute Gasteiger partial charge is 0.338 e. The van der Waals surface area contributed by atoms with Crippen LogP contribution in [0.4, 0.5) is 0 Å². The summed E-state index contributed by atoms with van der Waals surface area (Å²) in [5.41, 5.74) is -7.49. The van der Waals surface area contributed by atoms with Gasteiger partial charge in [0.2, 0.25) is 5.91 Å². The molecular weight excluding hydrogens is 863 g/mol. The van der Waals surface area contributed by atoms with Crippen molar-refractivity contribution in [3.05, 3.63) is 94.6 Å². The molecule has 18 nitrogen and oxygen atoms in total. The minimum Gasteiger partial charge on any atom is -0.456 e. The first-order valence-corrected chi connectivity index (χ1v) is 22.0. The normalized spacial score (nSPS) is 37.0. The third kappa shape index (κ3) is 8.09. The summed E-state index contributed by atoms with van der Waals surface area (Å²) in [5, 5.41) is 72.6. The van der Waals surface area contributed by atoms with E-state index in [0.717, 1.165) is 6.92 Å². The molecule has 358 valence electrons. The van der Waals surface area contributed by atoms with Crippen molar-refractivity contribution in [3.63, 3.8) is 0 Å². The number of esters is 3. The third-order valence-electron chi connectivity index (χ3n) is 14.7. The molecule has 0 radical (unpaired) electrons. The molecule has 5 aliphatic rings. The first-order chi connectivity index (χ1) is 31.0. The number of nitrogens with one attached hydrogen (secondary N) is 1. The SMILES string of the molecule is C/C=C(\C)C(=O)N[C@H](c1ccccc1)[C@H](O)C(=O)O[C@H]1C[C@@]2(O)[C@@H](OC(=O)c3ccccc3)C3[C@](C)(C(=O)[C@H](O)C(=C1C)C2(C)C)[C@@H](O[C@@H]1OC[C@@H](O)[C@H](O)[C@H]1O)C[C@H]1OC[C@@]31OC(C)=O. The second-order valence-corrected chi connectivity index (χ2v) is 18.7. The molecule has 66 heavy (non-hydrogen) atoms. The molecule has 0 spiro atoms. The van der Waals surface area contributed by atoms with E-state index in [4.69, 9.17) is 28.4 Å². The predicted molar refractivity (Wildman–Crippen MR) is 228 cm³/mol. The summed E-state index contributed by atoms with van der Waals surface area (Å²) in [6, 6.07) is 14.6. The number of aliphatic hydroxyl groups excluding tert-OH is 5. The molecule has 2 aromatic rings. The van der Waals surface area contributed by atoms with Crippen molar-refractivity contribution in [2.75, 3.05) is 13.2 Å². The van der Waals surface area contributed by atoms with E-state index in [9.17, 15) is 49.8 Å². The maximum absolute atomic E-state index is 15.7.